The Bertz CT molecular complexity index is 536. The molecule has 1 amide bonds. The lowest BCUT2D eigenvalue weighted by Gasteiger charge is -2.35. The van der Waals surface area contributed by atoms with Crippen LogP contribution in [0.2, 0.25) is 0 Å². The molecule has 1 aliphatic heterocycles. The SMILES string of the molecule is CCOC(=O)N1CCN(c2ncc(C#N)cc2Br)CC1. The molecule has 0 aromatic carbocycles. The van der Waals surface area contributed by atoms with Gasteiger partial charge in [-0.05, 0) is 28.9 Å². The third-order valence-electron chi connectivity index (χ3n) is 3.06. The number of carbonyl (C=O) groups is 1. The molecule has 2 heterocycles. The van der Waals surface area contributed by atoms with E-state index in [9.17, 15) is 4.79 Å². The average molecular weight is 339 g/mol. The van der Waals surface area contributed by atoms with Crippen LogP contribution in [0.15, 0.2) is 16.7 Å². The smallest absolute Gasteiger partial charge is 0.409 e. The minimum absolute atomic E-state index is 0.265. The molecule has 1 fully saturated rings. The van der Waals surface area contributed by atoms with Crippen molar-refractivity contribution in [2.75, 3.05) is 37.7 Å². The second kappa shape index (κ2) is 6.57. The van der Waals surface area contributed by atoms with Gasteiger partial charge in [0.25, 0.3) is 0 Å². The summed E-state index contributed by atoms with van der Waals surface area (Å²) in [7, 11) is 0. The molecular formula is C13H15BrN4O2. The van der Waals surface area contributed by atoms with Gasteiger partial charge in [-0.3, -0.25) is 0 Å². The highest BCUT2D eigenvalue weighted by Crippen LogP contribution is 2.25. The van der Waals surface area contributed by atoms with Crippen molar-refractivity contribution in [3.05, 3.63) is 22.3 Å². The summed E-state index contributed by atoms with van der Waals surface area (Å²) in [6, 6.07) is 3.80. The number of piperazine rings is 1. The summed E-state index contributed by atoms with van der Waals surface area (Å²) in [6.07, 6.45) is 1.29. The molecule has 0 radical (unpaired) electrons. The maximum Gasteiger partial charge on any atom is 0.409 e. The van der Waals surface area contributed by atoms with Crippen molar-refractivity contribution in [3.63, 3.8) is 0 Å². The van der Waals surface area contributed by atoms with E-state index in [2.05, 4.69) is 31.9 Å². The Balaban J connectivity index is 2.01. The van der Waals surface area contributed by atoms with Crippen LogP contribution in [0.1, 0.15) is 12.5 Å². The Hall–Kier alpha value is -1.81. The van der Waals surface area contributed by atoms with E-state index >= 15 is 0 Å². The Morgan fingerprint density at radius 1 is 1.50 bits per heavy atom. The summed E-state index contributed by atoms with van der Waals surface area (Å²) in [4.78, 5) is 19.7. The summed E-state index contributed by atoms with van der Waals surface area (Å²) in [5, 5.41) is 8.83. The number of aromatic nitrogens is 1. The second-order valence-corrected chi connectivity index (χ2v) is 5.17. The molecule has 1 aromatic rings. The number of anilines is 1. The number of carbonyl (C=O) groups excluding carboxylic acids is 1. The Morgan fingerprint density at radius 2 is 2.20 bits per heavy atom. The highest BCUT2D eigenvalue weighted by molar-refractivity contribution is 9.10. The third kappa shape index (κ3) is 3.20. The normalized spacial score (nSPS) is 14.8. The molecule has 1 aromatic heterocycles. The molecule has 0 saturated carbocycles. The topological polar surface area (TPSA) is 69.5 Å². The van der Waals surface area contributed by atoms with E-state index in [1.54, 1.807) is 24.1 Å². The molecule has 0 unspecified atom stereocenters. The summed E-state index contributed by atoms with van der Waals surface area (Å²) in [5.41, 5.74) is 0.519. The minimum Gasteiger partial charge on any atom is -0.450 e. The van der Waals surface area contributed by atoms with E-state index in [1.165, 1.54) is 0 Å². The van der Waals surface area contributed by atoms with Gasteiger partial charge >= 0.3 is 6.09 Å². The summed E-state index contributed by atoms with van der Waals surface area (Å²) in [6.45, 7) is 4.78. The van der Waals surface area contributed by atoms with Gasteiger partial charge in [0.1, 0.15) is 11.9 Å². The number of pyridine rings is 1. The van der Waals surface area contributed by atoms with E-state index in [0.717, 1.165) is 10.3 Å². The van der Waals surface area contributed by atoms with Crippen molar-refractivity contribution in [2.45, 2.75) is 6.92 Å². The Morgan fingerprint density at radius 3 is 2.75 bits per heavy atom. The van der Waals surface area contributed by atoms with E-state index in [0.29, 0.717) is 38.3 Å². The largest absolute Gasteiger partial charge is 0.450 e. The van der Waals surface area contributed by atoms with Crippen LogP contribution in [0.5, 0.6) is 0 Å². The summed E-state index contributed by atoms with van der Waals surface area (Å²) >= 11 is 3.43. The molecule has 0 atom stereocenters. The first-order valence-electron chi connectivity index (χ1n) is 6.38. The van der Waals surface area contributed by atoms with Crippen LogP contribution >= 0.6 is 15.9 Å². The van der Waals surface area contributed by atoms with Gasteiger partial charge in [0, 0.05) is 32.4 Å². The molecule has 106 valence electrons. The van der Waals surface area contributed by atoms with E-state index < -0.39 is 0 Å². The van der Waals surface area contributed by atoms with Gasteiger partial charge in [0.15, 0.2) is 0 Å². The van der Waals surface area contributed by atoms with Crippen LogP contribution < -0.4 is 4.90 Å². The molecule has 1 saturated heterocycles. The Labute approximate surface area is 126 Å². The molecule has 20 heavy (non-hydrogen) atoms. The first-order valence-corrected chi connectivity index (χ1v) is 7.17. The standard InChI is InChI=1S/C13H15BrN4O2/c1-2-20-13(19)18-5-3-17(4-6-18)12-11(14)7-10(8-15)9-16-12/h7,9H,2-6H2,1H3. The van der Waals surface area contributed by atoms with Crippen molar-refractivity contribution in [1.82, 2.24) is 9.88 Å². The zero-order valence-corrected chi connectivity index (χ0v) is 12.8. The monoisotopic (exact) mass is 338 g/mol. The van der Waals surface area contributed by atoms with Crippen molar-refractivity contribution >= 4 is 27.8 Å². The molecule has 6 nitrogen and oxygen atoms in total. The zero-order chi connectivity index (χ0) is 14.5. The summed E-state index contributed by atoms with van der Waals surface area (Å²) < 4.78 is 5.78. The fraction of sp³-hybridized carbons (Fsp3) is 0.462. The maximum atomic E-state index is 11.6. The highest BCUT2D eigenvalue weighted by Gasteiger charge is 2.23. The van der Waals surface area contributed by atoms with Crippen molar-refractivity contribution in [2.24, 2.45) is 0 Å². The number of rotatable bonds is 2. The van der Waals surface area contributed by atoms with Crippen LogP contribution in [-0.4, -0.2) is 48.8 Å². The molecule has 7 heteroatoms. The first-order chi connectivity index (χ1) is 9.65. The lowest BCUT2D eigenvalue weighted by molar-refractivity contribution is 0.105. The lowest BCUT2D eigenvalue weighted by Crippen LogP contribution is -2.49. The molecule has 1 aliphatic rings. The number of ether oxygens (including phenoxy) is 1. The average Bonchev–Trinajstić information content (AvgIpc) is 2.47. The van der Waals surface area contributed by atoms with Crippen LogP contribution in [0.3, 0.4) is 0 Å². The van der Waals surface area contributed by atoms with E-state index in [1.807, 2.05) is 0 Å². The predicted molar refractivity (Wildman–Crippen MR) is 77.5 cm³/mol. The predicted octanol–water partition coefficient (Wildman–Crippen LogP) is 1.99. The quantitative estimate of drug-likeness (QED) is 0.824. The van der Waals surface area contributed by atoms with Crippen molar-refractivity contribution in [1.29, 1.82) is 5.26 Å². The fourth-order valence-electron chi connectivity index (χ4n) is 2.04. The maximum absolute atomic E-state index is 11.6. The van der Waals surface area contributed by atoms with Crippen molar-refractivity contribution < 1.29 is 9.53 Å². The van der Waals surface area contributed by atoms with Crippen LogP contribution in [-0.2, 0) is 4.74 Å². The number of nitrogens with zero attached hydrogens (tertiary/aromatic N) is 4. The number of hydrogen-bond acceptors (Lipinski definition) is 5. The van der Waals surface area contributed by atoms with E-state index in [4.69, 9.17) is 10.00 Å². The number of halogens is 1. The first kappa shape index (κ1) is 14.6. The number of hydrogen-bond donors (Lipinski definition) is 0. The molecule has 0 aliphatic carbocycles. The minimum atomic E-state index is -0.265. The fourth-order valence-corrected chi connectivity index (χ4v) is 2.64. The molecule has 0 spiro atoms. The third-order valence-corrected chi connectivity index (χ3v) is 3.64. The molecular weight excluding hydrogens is 324 g/mol. The lowest BCUT2D eigenvalue weighted by atomic mass is 10.2. The van der Waals surface area contributed by atoms with Crippen LogP contribution in [0.4, 0.5) is 10.6 Å². The van der Waals surface area contributed by atoms with Gasteiger partial charge in [-0.25, -0.2) is 9.78 Å². The molecule has 0 N–H and O–H groups in total. The zero-order valence-electron chi connectivity index (χ0n) is 11.2. The number of amides is 1. The van der Waals surface area contributed by atoms with Crippen LogP contribution in [0, 0.1) is 11.3 Å². The van der Waals surface area contributed by atoms with Gasteiger partial charge in [-0.15, -0.1) is 0 Å². The van der Waals surface area contributed by atoms with Crippen LogP contribution in [0.25, 0.3) is 0 Å². The van der Waals surface area contributed by atoms with Gasteiger partial charge in [0.05, 0.1) is 16.6 Å². The summed E-state index contributed by atoms with van der Waals surface area (Å²) in [5.74, 6) is 0.799. The second-order valence-electron chi connectivity index (χ2n) is 4.31. The Kier molecular flexibility index (Phi) is 4.79. The number of nitriles is 1. The molecule has 0 bridgehead atoms. The van der Waals surface area contributed by atoms with Gasteiger partial charge < -0.3 is 14.5 Å². The highest BCUT2D eigenvalue weighted by atomic mass is 79.9. The van der Waals surface area contributed by atoms with E-state index in [-0.39, 0.29) is 6.09 Å². The van der Waals surface area contributed by atoms with Crippen molar-refractivity contribution in [3.8, 4) is 6.07 Å². The van der Waals surface area contributed by atoms with Gasteiger partial charge in [0.2, 0.25) is 0 Å². The van der Waals surface area contributed by atoms with Gasteiger partial charge in [-0.2, -0.15) is 5.26 Å². The van der Waals surface area contributed by atoms with Gasteiger partial charge in [-0.1, -0.05) is 0 Å². The molecule has 2 rings (SSSR count).